The highest BCUT2D eigenvalue weighted by molar-refractivity contribution is 5.87. The third-order valence-corrected chi connectivity index (χ3v) is 3.89. The molecule has 0 unspecified atom stereocenters. The number of benzene rings is 1. The van der Waals surface area contributed by atoms with Crippen molar-refractivity contribution in [3.63, 3.8) is 0 Å². The molecule has 16 heavy (non-hydrogen) atoms. The molecule has 1 saturated carbocycles. The quantitative estimate of drug-likeness (QED) is 0.844. The average Bonchev–Trinajstić information content (AvgIpc) is 2.56. The van der Waals surface area contributed by atoms with E-state index in [1.807, 2.05) is 37.3 Å². The maximum Gasteiger partial charge on any atom is 0.139 e. The Morgan fingerprint density at radius 3 is 2.69 bits per heavy atom. The Morgan fingerprint density at radius 1 is 1.38 bits per heavy atom. The van der Waals surface area contributed by atoms with Crippen molar-refractivity contribution in [2.24, 2.45) is 11.3 Å². The minimum atomic E-state index is -0.365. The third-order valence-electron chi connectivity index (χ3n) is 3.89. The first-order valence-corrected chi connectivity index (χ1v) is 5.85. The molecule has 2 atom stereocenters. The highest BCUT2D eigenvalue weighted by Crippen LogP contribution is 2.42. The number of carbonyl (C=O) groups is 1. The molecule has 2 heteroatoms. The number of Topliss-reactive ketones (excluding diaryl/α,β-unsaturated/α-hetero) is 1. The zero-order valence-corrected chi connectivity index (χ0v) is 9.65. The highest BCUT2D eigenvalue weighted by atomic mass is 16.3. The topological polar surface area (TPSA) is 37.3 Å². The Bertz CT molecular complexity index is 372. The fourth-order valence-corrected chi connectivity index (χ4v) is 2.69. The average molecular weight is 218 g/mol. The molecule has 1 aliphatic rings. The predicted molar refractivity (Wildman–Crippen MR) is 63.1 cm³/mol. The van der Waals surface area contributed by atoms with Crippen molar-refractivity contribution in [2.75, 3.05) is 6.61 Å². The number of hydrogen-bond donors (Lipinski definition) is 1. The zero-order valence-electron chi connectivity index (χ0n) is 9.65. The van der Waals surface area contributed by atoms with Gasteiger partial charge in [-0.05, 0) is 24.3 Å². The first kappa shape index (κ1) is 11.3. The van der Waals surface area contributed by atoms with Gasteiger partial charge in [-0.3, -0.25) is 4.79 Å². The lowest BCUT2D eigenvalue weighted by Crippen LogP contribution is -2.33. The summed E-state index contributed by atoms with van der Waals surface area (Å²) < 4.78 is 0. The van der Waals surface area contributed by atoms with Gasteiger partial charge in [0, 0.05) is 18.4 Å². The molecule has 1 aromatic carbocycles. The van der Waals surface area contributed by atoms with Gasteiger partial charge in [0.05, 0.1) is 0 Å². The second kappa shape index (κ2) is 4.38. The molecule has 0 bridgehead atoms. The van der Waals surface area contributed by atoms with Crippen LogP contribution < -0.4 is 0 Å². The van der Waals surface area contributed by atoms with Crippen LogP contribution in [0.15, 0.2) is 30.3 Å². The summed E-state index contributed by atoms with van der Waals surface area (Å²) >= 11 is 0. The summed E-state index contributed by atoms with van der Waals surface area (Å²) in [5.74, 6) is 0.426. The first-order chi connectivity index (χ1) is 7.66. The lowest BCUT2D eigenvalue weighted by molar-refractivity contribution is -0.126. The monoisotopic (exact) mass is 218 g/mol. The summed E-state index contributed by atoms with van der Waals surface area (Å²) in [7, 11) is 0. The van der Waals surface area contributed by atoms with Crippen LogP contribution in [0.1, 0.15) is 25.3 Å². The fourth-order valence-electron chi connectivity index (χ4n) is 2.69. The molecule has 1 N–H and O–H groups in total. The minimum Gasteiger partial charge on any atom is -0.396 e. The maximum absolute atomic E-state index is 12.0. The van der Waals surface area contributed by atoms with Crippen LogP contribution in [0.25, 0.3) is 0 Å². The van der Waals surface area contributed by atoms with Gasteiger partial charge in [0.25, 0.3) is 0 Å². The van der Waals surface area contributed by atoms with E-state index in [9.17, 15) is 9.90 Å². The van der Waals surface area contributed by atoms with Gasteiger partial charge in [0.2, 0.25) is 0 Å². The molecule has 1 fully saturated rings. The van der Waals surface area contributed by atoms with Crippen LogP contribution in [0.5, 0.6) is 0 Å². The summed E-state index contributed by atoms with van der Waals surface area (Å²) in [6.07, 6.45) is 2.20. The Kier molecular flexibility index (Phi) is 3.10. The van der Waals surface area contributed by atoms with Crippen molar-refractivity contribution in [3.8, 4) is 0 Å². The van der Waals surface area contributed by atoms with Crippen molar-refractivity contribution in [1.82, 2.24) is 0 Å². The van der Waals surface area contributed by atoms with Crippen molar-refractivity contribution in [3.05, 3.63) is 35.9 Å². The molecular formula is C14H18O2. The summed E-state index contributed by atoms with van der Waals surface area (Å²) in [6.45, 7) is 2.12. The van der Waals surface area contributed by atoms with E-state index in [2.05, 4.69) is 0 Å². The Morgan fingerprint density at radius 2 is 2.06 bits per heavy atom. The van der Waals surface area contributed by atoms with Gasteiger partial charge in [-0.1, -0.05) is 37.3 Å². The molecule has 0 saturated heterocycles. The van der Waals surface area contributed by atoms with Crippen LogP contribution in [0.2, 0.25) is 0 Å². The molecule has 0 amide bonds. The van der Waals surface area contributed by atoms with Crippen LogP contribution in [0, 0.1) is 11.3 Å². The molecular weight excluding hydrogens is 200 g/mol. The second-order valence-corrected chi connectivity index (χ2v) is 4.92. The summed E-state index contributed by atoms with van der Waals surface area (Å²) in [5.41, 5.74) is 0.814. The van der Waals surface area contributed by atoms with E-state index in [1.54, 1.807) is 0 Å². The number of carbonyl (C=O) groups excluding carboxylic acids is 1. The summed E-state index contributed by atoms with van der Waals surface area (Å²) in [4.78, 5) is 12.0. The van der Waals surface area contributed by atoms with E-state index in [4.69, 9.17) is 0 Å². The van der Waals surface area contributed by atoms with Crippen LogP contribution in [-0.4, -0.2) is 17.5 Å². The number of hydrogen-bond acceptors (Lipinski definition) is 2. The van der Waals surface area contributed by atoms with E-state index in [0.717, 1.165) is 12.8 Å². The van der Waals surface area contributed by atoms with E-state index < -0.39 is 0 Å². The van der Waals surface area contributed by atoms with Gasteiger partial charge >= 0.3 is 0 Å². The van der Waals surface area contributed by atoms with Gasteiger partial charge in [-0.2, -0.15) is 0 Å². The van der Waals surface area contributed by atoms with E-state index in [-0.39, 0.29) is 17.9 Å². The van der Waals surface area contributed by atoms with Crippen LogP contribution in [-0.2, 0) is 11.2 Å². The second-order valence-electron chi connectivity index (χ2n) is 4.92. The molecule has 0 spiro atoms. The van der Waals surface area contributed by atoms with Gasteiger partial charge < -0.3 is 5.11 Å². The van der Waals surface area contributed by atoms with Gasteiger partial charge in [0.15, 0.2) is 0 Å². The molecule has 0 aliphatic heterocycles. The minimum absolute atomic E-state index is 0.120. The SMILES string of the molecule is C[C@]1(Cc2ccccc2)C(=O)CC[C@@H]1CO. The number of aliphatic hydroxyl groups is 1. The van der Waals surface area contributed by atoms with Crippen LogP contribution in [0.3, 0.4) is 0 Å². The molecule has 2 rings (SSSR count). The van der Waals surface area contributed by atoms with Gasteiger partial charge in [-0.15, -0.1) is 0 Å². The van der Waals surface area contributed by atoms with Crippen molar-refractivity contribution >= 4 is 5.78 Å². The summed E-state index contributed by atoms with van der Waals surface area (Å²) in [6, 6.07) is 10.1. The third kappa shape index (κ3) is 1.90. The first-order valence-electron chi connectivity index (χ1n) is 5.85. The molecule has 0 aromatic heterocycles. The smallest absolute Gasteiger partial charge is 0.139 e. The van der Waals surface area contributed by atoms with Crippen LogP contribution in [0.4, 0.5) is 0 Å². The standard InChI is InChI=1S/C14H18O2/c1-14(9-11-5-3-2-4-6-11)12(10-15)7-8-13(14)16/h2-6,12,15H,7-10H2,1H3/t12-,14-/m1/s1. The van der Waals surface area contributed by atoms with Crippen LogP contribution >= 0.6 is 0 Å². The maximum atomic E-state index is 12.0. The van der Waals surface area contributed by atoms with Crippen molar-refractivity contribution in [1.29, 1.82) is 0 Å². The zero-order chi connectivity index (χ0) is 11.6. The molecule has 1 aromatic rings. The van der Waals surface area contributed by atoms with Crippen molar-refractivity contribution in [2.45, 2.75) is 26.2 Å². The predicted octanol–water partition coefficient (Wildman–Crippen LogP) is 2.21. The van der Waals surface area contributed by atoms with Gasteiger partial charge in [0.1, 0.15) is 5.78 Å². The van der Waals surface area contributed by atoms with E-state index in [0.29, 0.717) is 12.2 Å². The van der Waals surface area contributed by atoms with E-state index >= 15 is 0 Å². The molecule has 0 radical (unpaired) electrons. The lowest BCUT2D eigenvalue weighted by Gasteiger charge is -2.28. The fraction of sp³-hybridized carbons (Fsp3) is 0.500. The van der Waals surface area contributed by atoms with E-state index in [1.165, 1.54) is 5.56 Å². The molecule has 1 aliphatic carbocycles. The van der Waals surface area contributed by atoms with Crippen molar-refractivity contribution < 1.29 is 9.90 Å². The highest BCUT2D eigenvalue weighted by Gasteiger charge is 2.45. The van der Waals surface area contributed by atoms with Gasteiger partial charge in [-0.25, -0.2) is 0 Å². The lowest BCUT2D eigenvalue weighted by atomic mass is 9.74. The molecule has 2 nitrogen and oxygen atoms in total. The Labute approximate surface area is 96.3 Å². The normalized spacial score (nSPS) is 29.6. The Hall–Kier alpha value is -1.15. The summed E-state index contributed by atoms with van der Waals surface area (Å²) in [5, 5.41) is 9.35. The molecule has 0 heterocycles. The largest absolute Gasteiger partial charge is 0.396 e. The number of ketones is 1. The molecule has 86 valence electrons. The Balaban J connectivity index is 2.21. The number of aliphatic hydroxyl groups excluding tert-OH is 1. The number of rotatable bonds is 3.